The highest BCUT2D eigenvalue weighted by molar-refractivity contribution is 5.41. The number of nitrogens with zero attached hydrogens (tertiary/aromatic N) is 6. The molecule has 0 saturated carbocycles. The van der Waals surface area contributed by atoms with Gasteiger partial charge in [-0.05, 0) is 9.91 Å². The molecule has 2 aromatic rings. The van der Waals surface area contributed by atoms with Gasteiger partial charge in [-0.2, -0.15) is 5.10 Å². The summed E-state index contributed by atoms with van der Waals surface area (Å²) in [6.07, 6.45) is 2.81. The molecule has 0 aliphatic carbocycles. The third-order valence-electron chi connectivity index (χ3n) is 1.35. The maximum Gasteiger partial charge on any atom is 0.455 e. The minimum Gasteiger partial charge on any atom is -0.390 e. The van der Waals surface area contributed by atoms with Crippen LogP contribution in [0.1, 0.15) is 0 Å². The lowest BCUT2D eigenvalue weighted by Gasteiger charge is -1.92. The molecular weight excluding hydrogens is 204 g/mol. The average molecular weight is 208 g/mol. The van der Waals surface area contributed by atoms with Crippen molar-refractivity contribution in [2.45, 2.75) is 0 Å². The van der Waals surface area contributed by atoms with Crippen molar-refractivity contribution in [1.29, 1.82) is 0 Å². The Morgan fingerprint density at radius 2 is 2.27 bits per heavy atom. The van der Waals surface area contributed by atoms with Crippen LogP contribution in [-0.2, 0) is 0 Å². The maximum absolute atomic E-state index is 10.3. The van der Waals surface area contributed by atoms with E-state index in [-0.39, 0.29) is 11.9 Å². The van der Waals surface area contributed by atoms with E-state index in [2.05, 4.69) is 35.7 Å². The van der Waals surface area contributed by atoms with Crippen LogP contribution in [0.5, 0.6) is 0 Å². The number of H-pyrrole nitrogens is 1. The van der Waals surface area contributed by atoms with E-state index in [4.69, 9.17) is 0 Å². The number of aromatic amines is 1. The SMILES string of the molecule is O=[N+]([O-])c1nc(Nc2nccnn2)n[nH]1. The highest BCUT2D eigenvalue weighted by Crippen LogP contribution is 2.08. The molecule has 10 nitrogen and oxygen atoms in total. The fourth-order valence-electron chi connectivity index (χ4n) is 0.796. The summed E-state index contributed by atoms with van der Waals surface area (Å²) in [5.41, 5.74) is 0. The Bertz CT molecular complexity index is 467. The van der Waals surface area contributed by atoms with Crippen LogP contribution in [0.15, 0.2) is 12.4 Å². The Labute approximate surface area is 81.9 Å². The van der Waals surface area contributed by atoms with Gasteiger partial charge in [0, 0.05) is 0 Å². The van der Waals surface area contributed by atoms with Crippen molar-refractivity contribution in [3.63, 3.8) is 0 Å². The molecule has 0 unspecified atom stereocenters. The molecule has 0 bridgehead atoms. The molecule has 0 saturated heterocycles. The van der Waals surface area contributed by atoms with Crippen molar-refractivity contribution in [2.24, 2.45) is 0 Å². The van der Waals surface area contributed by atoms with Gasteiger partial charge in [-0.3, -0.25) is 5.32 Å². The predicted octanol–water partition coefficient (Wildman–Crippen LogP) is -0.359. The lowest BCUT2D eigenvalue weighted by Crippen LogP contribution is -1.99. The van der Waals surface area contributed by atoms with Gasteiger partial charge in [0.1, 0.15) is 0 Å². The molecule has 0 amide bonds. The Balaban J connectivity index is 2.15. The van der Waals surface area contributed by atoms with E-state index in [1.54, 1.807) is 0 Å². The third-order valence-corrected chi connectivity index (χ3v) is 1.35. The Morgan fingerprint density at radius 3 is 2.87 bits per heavy atom. The van der Waals surface area contributed by atoms with Gasteiger partial charge in [0.25, 0.3) is 5.95 Å². The van der Waals surface area contributed by atoms with Gasteiger partial charge >= 0.3 is 11.9 Å². The smallest absolute Gasteiger partial charge is 0.390 e. The molecule has 0 radical (unpaired) electrons. The standard InChI is InChI=1S/C5H4N8O2/c14-13(15)5-9-4(11-12-5)8-3-6-1-2-7-10-3/h1-2H,(H2,6,8,9,10,11,12). The van der Waals surface area contributed by atoms with Crippen LogP contribution in [0.2, 0.25) is 0 Å². The fourth-order valence-corrected chi connectivity index (χ4v) is 0.796. The van der Waals surface area contributed by atoms with Crippen molar-refractivity contribution in [3.05, 3.63) is 22.5 Å². The zero-order valence-electron chi connectivity index (χ0n) is 7.15. The number of hydrogen-bond acceptors (Lipinski definition) is 8. The highest BCUT2D eigenvalue weighted by Gasteiger charge is 2.14. The summed E-state index contributed by atoms with van der Waals surface area (Å²) < 4.78 is 0. The van der Waals surface area contributed by atoms with E-state index in [1.165, 1.54) is 12.4 Å². The predicted molar refractivity (Wildman–Crippen MR) is 46.1 cm³/mol. The summed E-state index contributed by atoms with van der Waals surface area (Å²) in [7, 11) is 0. The third kappa shape index (κ3) is 1.99. The molecule has 76 valence electrons. The minimum atomic E-state index is -0.692. The molecule has 2 rings (SSSR count). The molecule has 15 heavy (non-hydrogen) atoms. The number of anilines is 2. The number of aromatic nitrogens is 6. The molecule has 0 aliphatic heterocycles. The zero-order chi connectivity index (χ0) is 10.7. The van der Waals surface area contributed by atoms with Crippen LogP contribution < -0.4 is 5.32 Å². The van der Waals surface area contributed by atoms with Crippen LogP contribution in [0.3, 0.4) is 0 Å². The fraction of sp³-hybridized carbons (Fsp3) is 0. The molecule has 0 aliphatic rings. The second-order valence-electron chi connectivity index (χ2n) is 2.33. The van der Waals surface area contributed by atoms with E-state index in [1.807, 2.05) is 0 Å². The number of rotatable bonds is 3. The second-order valence-corrected chi connectivity index (χ2v) is 2.33. The van der Waals surface area contributed by atoms with Gasteiger partial charge in [0.15, 0.2) is 0 Å². The number of nitro groups is 1. The van der Waals surface area contributed by atoms with Crippen LogP contribution in [0, 0.1) is 10.1 Å². The normalized spacial score (nSPS) is 9.87. The summed E-state index contributed by atoms with van der Waals surface area (Å²) in [5.74, 6) is -0.289. The molecular formula is C5H4N8O2. The van der Waals surface area contributed by atoms with Gasteiger partial charge in [-0.25, -0.2) is 4.98 Å². The van der Waals surface area contributed by atoms with Gasteiger partial charge < -0.3 is 10.1 Å². The molecule has 2 N–H and O–H groups in total. The Kier molecular flexibility index (Phi) is 2.15. The second kappa shape index (κ2) is 3.61. The molecule has 0 aromatic carbocycles. The van der Waals surface area contributed by atoms with Crippen molar-refractivity contribution in [2.75, 3.05) is 5.32 Å². The quantitative estimate of drug-likeness (QED) is 0.515. The molecule has 0 spiro atoms. The first kappa shape index (κ1) is 8.93. The number of hydrogen-bond donors (Lipinski definition) is 2. The van der Waals surface area contributed by atoms with Crippen LogP contribution in [-0.4, -0.2) is 35.3 Å². The summed E-state index contributed by atoms with van der Waals surface area (Å²) in [5, 5.41) is 25.6. The zero-order valence-corrected chi connectivity index (χ0v) is 7.15. The number of nitrogens with one attached hydrogen (secondary N) is 2. The highest BCUT2D eigenvalue weighted by atomic mass is 16.6. The first-order valence-corrected chi connectivity index (χ1v) is 3.73. The van der Waals surface area contributed by atoms with Crippen LogP contribution >= 0.6 is 0 Å². The van der Waals surface area contributed by atoms with E-state index < -0.39 is 10.9 Å². The monoisotopic (exact) mass is 208 g/mol. The summed E-state index contributed by atoms with van der Waals surface area (Å²) in [6, 6.07) is 0. The lowest BCUT2D eigenvalue weighted by molar-refractivity contribution is -0.394. The summed E-state index contributed by atoms with van der Waals surface area (Å²) in [6.45, 7) is 0. The average Bonchev–Trinajstić information content (AvgIpc) is 2.68. The molecule has 0 atom stereocenters. The topological polar surface area (TPSA) is 135 Å². The summed E-state index contributed by atoms with van der Waals surface area (Å²) >= 11 is 0. The van der Waals surface area contributed by atoms with Crippen molar-refractivity contribution < 1.29 is 4.92 Å². The Morgan fingerprint density at radius 1 is 1.40 bits per heavy atom. The van der Waals surface area contributed by atoms with E-state index in [9.17, 15) is 10.1 Å². The van der Waals surface area contributed by atoms with Crippen LogP contribution in [0.4, 0.5) is 17.8 Å². The maximum atomic E-state index is 10.3. The van der Waals surface area contributed by atoms with E-state index in [0.717, 1.165) is 0 Å². The van der Waals surface area contributed by atoms with Gasteiger partial charge in [-0.1, -0.05) is 5.10 Å². The lowest BCUT2D eigenvalue weighted by atomic mass is 10.8. The molecule has 0 fully saturated rings. The molecule has 2 heterocycles. The van der Waals surface area contributed by atoms with Gasteiger partial charge in [0.05, 0.1) is 12.4 Å². The van der Waals surface area contributed by atoms with E-state index in [0.29, 0.717) is 0 Å². The van der Waals surface area contributed by atoms with Crippen molar-refractivity contribution in [1.82, 2.24) is 30.4 Å². The largest absolute Gasteiger partial charge is 0.455 e. The molecule has 10 heteroatoms. The minimum absolute atomic E-state index is 0.00898. The first-order chi connectivity index (χ1) is 7.25. The van der Waals surface area contributed by atoms with Crippen LogP contribution in [0.25, 0.3) is 0 Å². The van der Waals surface area contributed by atoms with Gasteiger partial charge in [0.2, 0.25) is 0 Å². The first-order valence-electron chi connectivity index (χ1n) is 3.73. The Hall–Kier alpha value is -2.65. The van der Waals surface area contributed by atoms with Crippen molar-refractivity contribution in [3.8, 4) is 0 Å². The summed E-state index contributed by atoms with van der Waals surface area (Å²) in [4.78, 5) is 16.9. The van der Waals surface area contributed by atoms with E-state index >= 15 is 0 Å². The molecule has 2 aromatic heterocycles. The van der Waals surface area contributed by atoms with Crippen molar-refractivity contribution >= 4 is 17.8 Å². The van der Waals surface area contributed by atoms with Gasteiger partial charge in [-0.15, -0.1) is 10.2 Å².